The van der Waals surface area contributed by atoms with Gasteiger partial charge in [0.05, 0.1) is 16.8 Å². The van der Waals surface area contributed by atoms with Gasteiger partial charge in [0.25, 0.3) is 0 Å². The van der Waals surface area contributed by atoms with Crippen molar-refractivity contribution in [3.05, 3.63) is 64.8 Å². The molecule has 0 spiro atoms. The average Bonchev–Trinajstić information content (AvgIpc) is 2.84. The quantitative estimate of drug-likeness (QED) is 0.600. The Morgan fingerprint density at radius 3 is 2.50 bits per heavy atom. The Kier molecular flexibility index (Phi) is 3.45. The van der Waals surface area contributed by atoms with Crippen molar-refractivity contribution in [2.24, 2.45) is 0 Å². The van der Waals surface area contributed by atoms with Crippen LogP contribution in [0, 0.1) is 0 Å². The van der Waals surface area contributed by atoms with Crippen LogP contribution < -0.4 is 0 Å². The molecule has 3 aromatic rings. The van der Waals surface area contributed by atoms with Gasteiger partial charge >= 0.3 is 6.18 Å². The van der Waals surface area contributed by atoms with Crippen molar-refractivity contribution in [1.82, 2.24) is 4.57 Å². The number of carbonyl (C=O) groups is 1. The van der Waals surface area contributed by atoms with Crippen LogP contribution in [0.15, 0.2) is 48.7 Å². The third-order valence-electron chi connectivity index (χ3n) is 3.39. The normalized spacial score (nSPS) is 11.8. The van der Waals surface area contributed by atoms with Gasteiger partial charge in [-0.15, -0.1) is 0 Å². The molecule has 2 aromatic carbocycles. The van der Waals surface area contributed by atoms with Crippen molar-refractivity contribution in [2.45, 2.75) is 6.18 Å². The molecule has 2 nitrogen and oxygen atoms in total. The van der Waals surface area contributed by atoms with Crippen molar-refractivity contribution in [2.75, 3.05) is 0 Å². The molecule has 0 radical (unpaired) electrons. The minimum atomic E-state index is -4.52. The molecule has 0 aliphatic rings. The molecule has 0 saturated carbocycles. The van der Waals surface area contributed by atoms with Crippen LogP contribution in [-0.4, -0.2) is 10.9 Å². The summed E-state index contributed by atoms with van der Waals surface area (Å²) in [5.74, 6) is 0. The fourth-order valence-corrected chi connectivity index (χ4v) is 2.61. The number of hydrogen-bond donors (Lipinski definition) is 0. The highest BCUT2D eigenvalue weighted by Crippen LogP contribution is 2.37. The lowest BCUT2D eigenvalue weighted by Gasteiger charge is -2.15. The largest absolute Gasteiger partial charge is 0.418 e. The third-order valence-corrected chi connectivity index (χ3v) is 3.63. The summed E-state index contributed by atoms with van der Waals surface area (Å²) in [6.45, 7) is 0. The summed E-state index contributed by atoms with van der Waals surface area (Å²) in [5, 5.41) is 0.777. The highest BCUT2D eigenvalue weighted by molar-refractivity contribution is 6.30. The van der Waals surface area contributed by atoms with Gasteiger partial charge in [-0.1, -0.05) is 29.8 Å². The van der Waals surface area contributed by atoms with Gasteiger partial charge in [-0.25, -0.2) is 0 Å². The average molecular weight is 324 g/mol. The fraction of sp³-hybridized carbons (Fsp3) is 0.0625. The Morgan fingerprint density at radius 1 is 1.09 bits per heavy atom. The Balaban J connectivity index is 2.37. The van der Waals surface area contributed by atoms with Crippen molar-refractivity contribution in [1.29, 1.82) is 0 Å². The highest BCUT2D eigenvalue weighted by Gasteiger charge is 2.34. The molecule has 1 aromatic heterocycles. The predicted molar refractivity (Wildman–Crippen MR) is 78.7 cm³/mol. The van der Waals surface area contributed by atoms with E-state index in [0.29, 0.717) is 22.8 Å². The number of para-hydroxylation sites is 1. The van der Waals surface area contributed by atoms with Gasteiger partial charge in [-0.2, -0.15) is 13.2 Å². The predicted octanol–water partition coefficient (Wildman–Crippen LogP) is 5.12. The van der Waals surface area contributed by atoms with Crippen LogP contribution in [0.3, 0.4) is 0 Å². The first-order chi connectivity index (χ1) is 10.4. The van der Waals surface area contributed by atoms with Gasteiger partial charge in [0.2, 0.25) is 0 Å². The highest BCUT2D eigenvalue weighted by atomic mass is 35.5. The molecule has 0 atom stereocenters. The molecule has 0 bridgehead atoms. The Morgan fingerprint density at radius 2 is 1.82 bits per heavy atom. The zero-order chi connectivity index (χ0) is 15.9. The minimum absolute atomic E-state index is 0.107. The zero-order valence-corrected chi connectivity index (χ0v) is 11.8. The van der Waals surface area contributed by atoms with Gasteiger partial charge in [0.1, 0.15) is 0 Å². The first kappa shape index (κ1) is 14.7. The van der Waals surface area contributed by atoms with Crippen LogP contribution >= 0.6 is 11.6 Å². The smallest absolute Gasteiger partial charge is 0.315 e. The van der Waals surface area contributed by atoms with E-state index < -0.39 is 11.7 Å². The van der Waals surface area contributed by atoms with Crippen LogP contribution in [0.2, 0.25) is 5.02 Å². The first-order valence-electron chi connectivity index (χ1n) is 6.34. The fourth-order valence-electron chi connectivity index (χ4n) is 2.44. The van der Waals surface area contributed by atoms with Crippen LogP contribution in [-0.2, 0) is 6.18 Å². The molecule has 0 N–H and O–H groups in total. The van der Waals surface area contributed by atoms with E-state index in [1.54, 1.807) is 24.3 Å². The summed E-state index contributed by atoms with van der Waals surface area (Å²) in [7, 11) is 0. The molecule has 0 fully saturated rings. The zero-order valence-electron chi connectivity index (χ0n) is 11.1. The molecule has 112 valence electrons. The van der Waals surface area contributed by atoms with Gasteiger partial charge in [-0.05, 0) is 24.3 Å². The van der Waals surface area contributed by atoms with E-state index >= 15 is 0 Å². The van der Waals surface area contributed by atoms with Crippen molar-refractivity contribution in [3.8, 4) is 5.69 Å². The summed E-state index contributed by atoms with van der Waals surface area (Å²) in [5.41, 5.74) is -0.0829. The number of alkyl halides is 3. The van der Waals surface area contributed by atoms with Gasteiger partial charge < -0.3 is 4.57 Å². The number of aldehydes is 1. The molecule has 0 saturated heterocycles. The molecule has 1 heterocycles. The van der Waals surface area contributed by atoms with E-state index in [4.69, 9.17) is 11.6 Å². The third kappa shape index (κ3) is 2.37. The maximum atomic E-state index is 13.2. The minimum Gasteiger partial charge on any atom is -0.315 e. The Bertz CT molecular complexity index is 867. The standard InChI is InChI=1S/C16H9ClF3NO/c17-11-5-6-13(16(18,19)20)15(7-11)21-8-10(9-22)12-3-1-2-4-14(12)21/h1-9H. The Hall–Kier alpha value is -2.27. The number of hydrogen-bond acceptors (Lipinski definition) is 1. The second kappa shape index (κ2) is 5.18. The summed E-state index contributed by atoms with van der Waals surface area (Å²) < 4.78 is 41.0. The van der Waals surface area contributed by atoms with Crippen molar-refractivity contribution >= 4 is 28.8 Å². The maximum absolute atomic E-state index is 13.2. The molecule has 3 rings (SSSR count). The molecule has 0 amide bonds. The number of benzene rings is 2. The molecule has 0 aliphatic carbocycles. The summed E-state index contributed by atoms with van der Waals surface area (Å²) in [4.78, 5) is 11.2. The molecular weight excluding hydrogens is 315 g/mol. The number of rotatable bonds is 2. The van der Waals surface area contributed by atoms with Crippen LogP contribution in [0.5, 0.6) is 0 Å². The number of aromatic nitrogens is 1. The summed E-state index contributed by atoms with van der Waals surface area (Å²) in [6, 6.07) is 10.1. The summed E-state index contributed by atoms with van der Waals surface area (Å²) >= 11 is 5.86. The van der Waals surface area contributed by atoms with E-state index in [9.17, 15) is 18.0 Å². The SMILES string of the molecule is O=Cc1cn(-c2cc(Cl)ccc2C(F)(F)F)c2ccccc12. The molecule has 0 unspecified atom stereocenters. The van der Waals surface area contributed by atoms with E-state index in [1.165, 1.54) is 22.9 Å². The Labute approximate surface area is 128 Å². The molecular formula is C16H9ClF3NO. The van der Waals surface area contributed by atoms with E-state index in [0.717, 1.165) is 6.07 Å². The molecule has 6 heteroatoms. The summed E-state index contributed by atoms with van der Waals surface area (Å²) in [6.07, 6.45) is -2.51. The lowest BCUT2D eigenvalue weighted by Crippen LogP contribution is -2.10. The van der Waals surface area contributed by atoms with E-state index in [2.05, 4.69) is 0 Å². The first-order valence-corrected chi connectivity index (χ1v) is 6.72. The second-order valence-electron chi connectivity index (χ2n) is 4.75. The second-order valence-corrected chi connectivity index (χ2v) is 5.19. The van der Waals surface area contributed by atoms with Crippen LogP contribution in [0.1, 0.15) is 15.9 Å². The van der Waals surface area contributed by atoms with Crippen molar-refractivity contribution < 1.29 is 18.0 Å². The lowest BCUT2D eigenvalue weighted by molar-refractivity contribution is -0.137. The monoisotopic (exact) mass is 323 g/mol. The number of nitrogens with zero attached hydrogens (tertiary/aromatic N) is 1. The number of fused-ring (bicyclic) bond motifs is 1. The van der Waals surface area contributed by atoms with Crippen LogP contribution in [0.25, 0.3) is 16.6 Å². The van der Waals surface area contributed by atoms with E-state index in [-0.39, 0.29) is 10.7 Å². The maximum Gasteiger partial charge on any atom is 0.418 e. The molecule has 22 heavy (non-hydrogen) atoms. The van der Waals surface area contributed by atoms with Gasteiger partial charge in [0, 0.05) is 22.2 Å². The lowest BCUT2D eigenvalue weighted by atomic mass is 10.1. The van der Waals surface area contributed by atoms with Gasteiger partial charge in [0.15, 0.2) is 6.29 Å². The number of carbonyl (C=O) groups excluding carboxylic acids is 1. The topological polar surface area (TPSA) is 22.0 Å². The number of halogens is 4. The van der Waals surface area contributed by atoms with Crippen LogP contribution in [0.4, 0.5) is 13.2 Å². The van der Waals surface area contributed by atoms with Gasteiger partial charge in [-0.3, -0.25) is 4.79 Å². The van der Waals surface area contributed by atoms with E-state index in [1.807, 2.05) is 0 Å². The molecule has 0 aliphatic heterocycles. The van der Waals surface area contributed by atoms with Crippen molar-refractivity contribution in [3.63, 3.8) is 0 Å².